The van der Waals surface area contributed by atoms with Crippen molar-refractivity contribution in [3.05, 3.63) is 29.3 Å². The van der Waals surface area contributed by atoms with Gasteiger partial charge in [-0.25, -0.2) is 0 Å². The van der Waals surface area contributed by atoms with Gasteiger partial charge in [0.1, 0.15) is 5.75 Å². The number of nitrogens with zero attached hydrogens (tertiary/aromatic N) is 1. The van der Waals surface area contributed by atoms with Crippen molar-refractivity contribution in [2.75, 3.05) is 26.3 Å². The molecule has 0 aromatic heterocycles. The van der Waals surface area contributed by atoms with Crippen LogP contribution in [0.15, 0.2) is 18.2 Å². The van der Waals surface area contributed by atoms with E-state index in [1.165, 1.54) is 0 Å². The molecule has 4 heteroatoms. The van der Waals surface area contributed by atoms with E-state index in [1.54, 1.807) is 6.92 Å². The first kappa shape index (κ1) is 16.3. The first-order chi connectivity index (χ1) is 10.1. The van der Waals surface area contributed by atoms with E-state index in [-0.39, 0.29) is 0 Å². The average molecular weight is 293 g/mol. The molecule has 1 heterocycles. The molecule has 118 valence electrons. The Morgan fingerprint density at radius 1 is 1.43 bits per heavy atom. The van der Waals surface area contributed by atoms with Crippen LogP contribution in [0, 0.1) is 0 Å². The van der Waals surface area contributed by atoms with E-state index in [2.05, 4.69) is 17.9 Å². The fourth-order valence-corrected chi connectivity index (χ4v) is 2.69. The number of morpholine rings is 1. The van der Waals surface area contributed by atoms with Crippen LogP contribution < -0.4 is 4.74 Å². The number of aliphatic hydroxyl groups excluding tert-OH is 1. The maximum atomic E-state index is 9.78. The van der Waals surface area contributed by atoms with Crippen molar-refractivity contribution in [2.24, 2.45) is 0 Å². The number of benzene rings is 1. The maximum absolute atomic E-state index is 9.78. The molecule has 4 nitrogen and oxygen atoms in total. The van der Waals surface area contributed by atoms with Gasteiger partial charge in [0.15, 0.2) is 0 Å². The Kier molecular flexibility index (Phi) is 6.03. The van der Waals surface area contributed by atoms with Crippen LogP contribution >= 0.6 is 0 Å². The minimum Gasteiger partial charge on any atom is -0.494 e. The van der Waals surface area contributed by atoms with Crippen molar-refractivity contribution in [3.8, 4) is 5.75 Å². The Morgan fingerprint density at radius 3 is 2.90 bits per heavy atom. The summed E-state index contributed by atoms with van der Waals surface area (Å²) in [6.07, 6.45) is 0.921. The van der Waals surface area contributed by atoms with Gasteiger partial charge in [0.2, 0.25) is 0 Å². The third kappa shape index (κ3) is 4.43. The normalized spacial score (nSPS) is 21.2. The summed E-state index contributed by atoms with van der Waals surface area (Å²) in [5.41, 5.74) is 2.08. The summed E-state index contributed by atoms with van der Waals surface area (Å²) in [7, 11) is 0. The second-order valence-corrected chi connectivity index (χ2v) is 5.61. The van der Waals surface area contributed by atoms with Crippen LogP contribution in [-0.4, -0.2) is 42.4 Å². The second-order valence-electron chi connectivity index (χ2n) is 5.61. The third-order valence-corrected chi connectivity index (χ3v) is 3.94. The molecular formula is C17H27NO3. The molecule has 0 saturated carbocycles. The molecule has 2 unspecified atom stereocenters. The van der Waals surface area contributed by atoms with Crippen LogP contribution in [0.4, 0.5) is 0 Å². The largest absolute Gasteiger partial charge is 0.494 e. The number of ether oxygens (including phenoxy) is 2. The topological polar surface area (TPSA) is 41.9 Å². The van der Waals surface area contributed by atoms with Crippen molar-refractivity contribution in [2.45, 2.75) is 45.9 Å². The molecule has 0 amide bonds. The van der Waals surface area contributed by atoms with Crippen LogP contribution in [0.25, 0.3) is 0 Å². The lowest BCUT2D eigenvalue weighted by Gasteiger charge is -2.33. The zero-order valence-electron chi connectivity index (χ0n) is 13.3. The molecule has 1 fully saturated rings. The first-order valence-corrected chi connectivity index (χ1v) is 7.91. The molecule has 1 aromatic carbocycles. The molecule has 1 aliphatic heterocycles. The van der Waals surface area contributed by atoms with Crippen molar-refractivity contribution >= 4 is 0 Å². The maximum Gasteiger partial charge on any atom is 0.123 e. The van der Waals surface area contributed by atoms with Gasteiger partial charge < -0.3 is 14.6 Å². The van der Waals surface area contributed by atoms with Crippen molar-refractivity contribution in [1.82, 2.24) is 4.90 Å². The van der Waals surface area contributed by atoms with Crippen LogP contribution in [0.2, 0.25) is 0 Å². The van der Waals surface area contributed by atoms with Crippen molar-refractivity contribution in [1.29, 1.82) is 0 Å². The van der Waals surface area contributed by atoms with Crippen LogP contribution in [0.5, 0.6) is 5.75 Å². The molecule has 1 aliphatic rings. The van der Waals surface area contributed by atoms with Crippen molar-refractivity contribution in [3.63, 3.8) is 0 Å². The van der Waals surface area contributed by atoms with Gasteiger partial charge in [-0.1, -0.05) is 13.0 Å². The molecule has 0 radical (unpaired) electrons. The van der Waals surface area contributed by atoms with E-state index in [4.69, 9.17) is 9.47 Å². The lowest BCUT2D eigenvalue weighted by molar-refractivity contribution is -0.0326. The Hall–Kier alpha value is -1.10. The summed E-state index contributed by atoms with van der Waals surface area (Å²) in [5.74, 6) is 0.918. The zero-order valence-corrected chi connectivity index (χ0v) is 13.3. The molecule has 1 saturated heterocycles. The van der Waals surface area contributed by atoms with E-state index < -0.39 is 6.10 Å². The standard InChI is InChI=1S/C17H27NO3/c1-4-16-12-18(8-9-21-16)11-15-10-14(13(3)19)6-7-17(15)20-5-2/h6-7,10,13,16,19H,4-5,8-9,11-12H2,1-3H3. The minimum atomic E-state index is -0.451. The number of rotatable bonds is 6. The first-order valence-electron chi connectivity index (χ1n) is 7.91. The predicted molar refractivity (Wildman–Crippen MR) is 83.6 cm³/mol. The summed E-state index contributed by atoms with van der Waals surface area (Å²) in [6.45, 7) is 10.1. The lowest BCUT2D eigenvalue weighted by Crippen LogP contribution is -2.41. The fourth-order valence-electron chi connectivity index (χ4n) is 2.69. The fraction of sp³-hybridized carbons (Fsp3) is 0.647. The van der Waals surface area contributed by atoms with E-state index in [0.29, 0.717) is 12.7 Å². The molecule has 0 aliphatic carbocycles. The second kappa shape index (κ2) is 7.78. The van der Waals surface area contributed by atoms with Crippen LogP contribution in [0.1, 0.15) is 44.4 Å². The number of hydrogen-bond acceptors (Lipinski definition) is 4. The Morgan fingerprint density at radius 2 is 2.24 bits per heavy atom. The molecule has 21 heavy (non-hydrogen) atoms. The summed E-state index contributed by atoms with van der Waals surface area (Å²) in [4.78, 5) is 2.40. The van der Waals surface area contributed by atoms with Crippen LogP contribution in [-0.2, 0) is 11.3 Å². The van der Waals surface area contributed by atoms with Gasteiger partial charge in [-0.2, -0.15) is 0 Å². The molecule has 1 N–H and O–H groups in total. The Labute approximate surface area is 127 Å². The van der Waals surface area contributed by atoms with Gasteiger partial charge in [0.05, 0.1) is 25.4 Å². The molecule has 2 atom stereocenters. The number of aliphatic hydroxyl groups is 1. The Balaban J connectivity index is 2.14. The van der Waals surface area contributed by atoms with Crippen LogP contribution in [0.3, 0.4) is 0 Å². The summed E-state index contributed by atoms with van der Waals surface area (Å²) < 4.78 is 11.4. The van der Waals surface area contributed by atoms with Gasteiger partial charge in [-0.15, -0.1) is 0 Å². The van der Waals surface area contributed by atoms with E-state index in [9.17, 15) is 5.11 Å². The Bertz CT molecular complexity index is 448. The summed E-state index contributed by atoms with van der Waals surface area (Å²) >= 11 is 0. The highest BCUT2D eigenvalue weighted by atomic mass is 16.5. The molecule has 1 aromatic rings. The molecule has 2 rings (SSSR count). The predicted octanol–water partition coefficient (Wildman–Crippen LogP) is 2.75. The van der Waals surface area contributed by atoms with Gasteiger partial charge in [0, 0.05) is 25.2 Å². The highest BCUT2D eigenvalue weighted by molar-refractivity contribution is 5.38. The minimum absolute atomic E-state index is 0.328. The van der Waals surface area contributed by atoms with E-state index >= 15 is 0 Å². The SMILES string of the molecule is CCOc1ccc(C(C)O)cc1CN1CCOC(CC)C1. The molecule has 0 bridgehead atoms. The van der Waals surface area contributed by atoms with Gasteiger partial charge in [-0.3, -0.25) is 4.90 Å². The van der Waals surface area contributed by atoms with Gasteiger partial charge in [-0.05, 0) is 38.0 Å². The van der Waals surface area contributed by atoms with Crippen molar-refractivity contribution < 1.29 is 14.6 Å². The van der Waals surface area contributed by atoms with E-state index in [1.807, 2.05) is 19.1 Å². The van der Waals surface area contributed by atoms with Gasteiger partial charge >= 0.3 is 0 Å². The lowest BCUT2D eigenvalue weighted by atomic mass is 10.0. The summed E-state index contributed by atoms with van der Waals surface area (Å²) in [5, 5.41) is 9.78. The van der Waals surface area contributed by atoms with E-state index in [0.717, 1.165) is 49.5 Å². The monoisotopic (exact) mass is 293 g/mol. The van der Waals surface area contributed by atoms with Gasteiger partial charge in [0.25, 0.3) is 0 Å². The average Bonchev–Trinajstić information content (AvgIpc) is 2.49. The number of hydrogen-bond donors (Lipinski definition) is 1. The highest BCUT2D eigenvalue weighted by Gasteiger charge is 2.20. The zero-order chi connectivity index (χ0) is 15.2. The smallest absolute Gasteiger partial charge is 0.123 e. The highest BCUT2D eigenvalue weighted by Crippen LogP contribution is 2.26. The quantitative estimate of drug-likeness (QED) is 0.875. The molecular weight excluding hydrogens is 266 g/mol. The molecule has 0 spiro atoms. The third-order valence-electron chi connectivity index (χ3n) is 3.94. The summed E-state index contributed by atoms with van der Waals surface area (Å²) in [6, 6.07) is 5.97.